The average Bonchev–Trinajstić information content (AvgIpc) is 2.70. The van der Waals surface area contributed by atoms with Gasteiger partial charge < -0.3 is 5.32 Å². The molecule has 4 heteroatoms. The van der Waals surface area contributed by atoms with E-state index in [1.54, 1.807) is 19.2 Å². The first-order valence-corrected chi connectivity index (χ1v) is 5.97. The van der Waals surface area contributed by atoms with E-state index in [-0.39, 0.29) is 5.78 Å². The summed E-state index contributed by atoms with van der Waals surface area (Å²) in [7, 11) is 0. The van der Waals surface area contributed by atoms with Crippen LogP contribution in [0.5, 0.6) is 0 Å². The lowest BCUT2D eigenvalue weighted by Gasteiger charge is -2.15. The Labute approximate surface area is 100 Å². The Hall–Kier alpha value is -1.09. The van der Waals surface area contributed by atoms with Crippen molar-refractivity contribution in [3.63, 3.8) is 0 Å². The van der Waals surface area contributed by atoms with Crippen LogP contribution in [0.3, 0.4) is 0 Å². The Morgan fingerprint density at radius 2 is 2.19 bits per heavy atom. The van der Waals surface area contributed by atoms with Gasteiger partial charge in [0.1, 0.15) is 5.15 Å². The van der Waals surface area contributed by atoms with Crippen LogP contribution in [0.2, 0.25) is 5.15 Å². The predicted octanol–water partition coefficient (Wildman–Crippen LogP) is 3.29. The Kier molecular flexibility index (Phi) is 3.44. The highest BCUT2D eigenvalue weighted by molar-refractivity contribution is 6.29. The highest BCUT2D eigenvalue weighted by atomic mass is 35.5. The highest BCUT2D eigenvalue weighted by Crippen LogP contribution is 2.25. The molecule has 0 unspecified atom stereocenters. The Bertz CT molecular complexity index is 400. The van der Waals surface area contributed by atoms with Gasteiger partial charge in [-0.05, 0) is 25.8 Å². The number of anilines is 1. The zero-order valence-electron chi connectivity index (χ0n) is 9.29. The molecule has 0 aliphatic heterocycles. The maximum Gasteiger partial charge on any atom is 0.163 e. The summed E-state index contributed by atoms with van der Waals surface area (Å²) in [5, 5.41) is 3.81. The molecule has 1 N–H and O–H groups in total. The maximum absolute atomic E-state index is 11.4. The molecule has 1 saturated carbocycles. The lowest BCUT2D eigenvalue weighted by Crippen LogP contribution is -2.16. The van der Waals surface area contributed by atoms with Crippen LogP contribution in [-0.4, -0.2) is 16.8 Å². The second-order valence-corrected chi connectivity index (χ2v) is 4.62. The van der Waals surface area contributed by atoms with Crippen LogP contribution in [0.15, 0.2) is 12.3 Å². The molecule has 1 aromatic rings. The van der Waals surface area contributed by atoms with E-state index in [1.807, 2.05) is 0 Å². The third-order valence-corrected chi connectivity index (χ3v) is 3.17. The number of pyridine rings is 1. The molecule has 86 valence electrons. The third kappa shape index (κ3) is 2.53. The molecule has 0 spiro atoms. The van der Waals surface area contributed by atoms with E-state index in [2.05, 4.69) is 10.3 Å². The fraction of sp³-hybridized carbons (Fsp3) is 0.500. The zero-order valence-corrected chi connectivity index (χ0v) is 10.0. The quantitative estimate of drug-likeness (QED) is 0.649. The molecule has 0 radical (unpaired) electrons. The molecule has 16 heavy (non-hydrogen) atoms. The van der Waals surface area contributed by atoms with Gasteiger partial charge in [-0.2, -0.15) is 0 Å². The van der Waals surface area contributed by atoms with Gasteiger partial charge in [0.15, 0.2) is 5.78 Å². The molecule has 0 bridgehead atoms. The smallest absolute Gasteiger partial charge is 0.163 e. The molecule has 1 aliphatic rings. The molecule has 0 amide bonds. The molecule has 1 fully saturated rings. The van der Waals surface area contributed by atoms with Gasteiger partial charge in [0.25, 0.3) is 0 Å². The number of carbonyl (C=O) groups excluding carboxylic acids is 1. The minimum Gasteiger partial charge on any atom is -0.382 e. The largest absolute Gasteiger partial charge is 0.382 e. The fourth-order valence-electron chi connectivity index (χ4n) is 2.12. The fourth-order valence-corrected chi connectivity index (χ4v) is 2.28. The summed E-state index contributed by atoms with van der Waals surface area (Å²) in [6.07, 6.45) is 6.38. The minimum atomic E-state index is 0.0182. The number of hydrogen-bond acceptors (Lipinski definition) is 3. The van der Waals surface area contributed by atoms with Gasteiger partial charge in [-0.25, -0.2) is 4.98 Å². The second-order valence-electron chi connectivity index (χ2n) is 4.23. The SMILES string of the molecule is CC(=O)c1cnc(Cl)cc1NC1CCCC1. The molecular weight excluding hydrogens is 224 g/mol. The first kappa shape index (κ1) is 11.4. The van der Waals surface area contributed by atoms with Gasteiger partial charge in [0.2, 0.25) is 0 Å². The number of hydrogen-bond donors (Lipinski definition) is 1. The van der Waals surface area contributed by atoms with E-state index in [0.29, 0.717) is 16.8 Å². The topological polar surface area (TPSA) is 42.0 Å². The number of aromatic nitrogens is 1. The minimum absolute atomic E-state index is 0.0182. The van der Waals surface area contributed by atoms with Crippen LogP contribution in [-0.2, 0) is 0 Å². The second kappa shape index (κ2) is 4.83. The summed E-state index contributed by atoms with van der Waals surface area (Å²) in [5.41, 5.74) is 1.44. The van der Waals surface area contributed by atoms with Crippen molar-refractivity contribution in [1.29, 1.82) is 0 Å². The first-order chi connectivity index (χ1) is 7.66. The van der Waals surface area contributed by atoms with E-state index in [0.717, 1.165) is 18.5 Å². The molecule has 1 aliphatic carbocycles. The predicted molar refractivity (Wildman–Crippen MR) is 65.1 cm³/mol. The molecule has 3 nitrogen and oxygen atoms in total. The lowest BCUT2D eigenvalue weighted by molar-refractivity contribution is 0.101. The van der Waals surface area contributed by atoms with Crippen molar-refractivity contribution in [2.45, 2.75) is 38.6 Å². The van der Waals surface area contributed by atoms with Crippen molar-refractivity contribution in [1.82, 2.24) is 4.98 Å². The van der Waals surface area contributed by atoms with Gasteiger partial charge in [-0.1, -0.05) is 24.4 Å². The Morgan fingerprint density at radius 1 is 1.50 bits per heavy atom. The van der Waals surface area contributed by atoms with Gasteiger partial charge in [-0.3, -0.25) is 4.79 Å². The van der Waals surface area contributed by atoms with Gasteiger partial charge >= 0.3 is 0 Å². The van der Waals surface area contributed by atoms with E-state index < -0.39 is 0 Å². The molecule has 0 atom stereocenters. The van der Waals surface area contributed by atoms with E-state index in [9.17, 15) is 4.79 Å². The standard InChI is InChI=1S/C12H15ClN2O/c1-8(16)10-7-14-12(13)6-11(10)15-9-4-2-3-5-9/h6-7,9H,2-5H2,1H3,(H,14,15). The number of rotatable bonds is 3. The summed E-state index contributed by atoms with van der Waals surface area (Å²) >= 11 is 5.84. The van der Waals surface area contributed by atoms with E-state index >= 15 is 0 Å². The van der Waals surface area contributed by atoms with Crippen molar-refractivity contribution < 1.29 is 4.79 Å². The van der Waals surface area contributed by atoms with Gasteiger partial charge in [0.05, 0.1) is 5.56 Å². The molecule has 1 aromatic heterocycles. The van der Waals surface area contributed by atoms with Crippen LogP contribution in [0, 0.1) is 0 Å². The number of ketones is 1. The third-order valence-electron chi connectivity index (χ3n) is 2.96. The zero-order chi connectivity index (χ0) is 11.5. The maximum atomic E-state index is 11.4. The number of Topliss-reactive ketones (excluding diaryl/α,β-unsaturated/α-hetero) is 1. The Morgan fingerprint density at radius 3 is 2.81 bits per heavy atom. The van der Waals surface area contributed by atoms with Crippen LogP contribution < -0.4 is 5.32 Å². The molecule has 2 rings (SSSR count). The summed E-state index contributed by atoms with van der Waals surface area (Å²) in [4.78, 5) is 15.4. The van der Waals surface area contributed by atoms with Crippen molar-refractivity contribution in [2.24, 2.45) is 0 Å². The van der Waals surface area contributed by atoms with Crippen molar-refractivity contribution in [3.8, 4) is 0 Å². The Balaban J connectivity index is 2.22. The molecule has 0 saturated heterocycles. The van der Waals surface area contributed by atoms with Gasteiger partial charge in [-0.15, -0.1) is 0 Å². The lowest BCUT2D eigenvalue weighted by atomic mass is 10.1. The monoisotopic (exact) mass is 238 g/mol. The number of carbonyl (C=O) groups is 1. The van der Waals surface area contributed by atoms with E-state index in [1.165, 1.54) is 12.8 Å². The molecular formula is C12H15ClN2O. The van der Waals surface area contributed by atoms with Crippen LogP contribution >= 0.6 is 11.6 Å². The summed E-state index contributed by atoms with van der Waals surface area (Å²) < 4.78 is 0. The first-order valence-electron chi connectivity index (χ1n) is 5.60. The van der Waals surface area contributed by atoms with Crippen LogP contribution in [0.4, 0.5) is 5.69 Å². The molecule has 0 aromatic carbocycles. The average molecular weight is 239 g/mol. The highest BCUT2D eigenvalue weighted by Gasteiger charge is 2.17. The van der Waals surface area contributed by atoms with Crippen LogP contribution in [0.1, 0.15) is 43.0 Å². The van der Waals surface area contributed by atoms with Gasteiger partial charge in [0, 0.05) is 17.9 Å². The normalized spacial score (nSPS) is 16.4. The summed E-state index contributed by atoms with van der Waals surface area (Å²) in [6.45, 7) is 1.55. The number of nitrogens with one attached hydrogen (secondary N) is 1. The van der Waals surface area contributed by atoms with E-state index in [4.69, 9.17) is 11.6 Å². The summed E-state index contributed by atoms with van der Waals surface area (Å²) in [5.74, 6) is 0.0182. The van der Waals surface area contributed by atoms with Crippen molar-refractivity contribution >= 4 is 23.1 Å². The van der Waals surface area contributed by atoms with Crippen molar-refractivity contribution in [2.75, 3.05) is 5.32 Å². The number of nitrogens with zero attached hydrogens (tertiary/aromatic N) is 1. The summed E-state index contributed by atoms with van der Waals surface area (Å²) in [6, 6.07) is 2.20. The van der Waals surface area contributed by atoms with Crippen molar-refractivity contribution in [3.05, 3.63) is 23.0 Å². The van der Waals surface area contributed by atoms with Crippen LogP contribution in [0.25, 0.3) is 0 Å². The number of halogens is 1. The molecule has 1 heterocycles.